The number of rotatable bonds is 2. The van der Waals surface area contributed by atoms with Crippen molar-refractivity contribution in [3.63, 3.8) is 0 Å². The monoisotopic (exact) mass is 246 g/mol. The van der Waals surface area contributed by atoms with Crippen molar-refractivity contribution in [2.24, 2.45) is 0 Å². The average molecular weight is 246 g/mol. The van der Waals surface area contributed by atoms with Crippen molar-refractivity contribution >= 4 is 0 Å². The van der Waals surface area contributed by atoms with Gasteiger partial charge in [0.15, 0.2) is 0 Å². The Hall–Kier alpha value is -1.44. The van der Waals surface area contributed by atoms with Crippen LogP contribution in [0, 0.1) is 17.1 Å². The van der Waals surface area contributed by atoms with Crippen molar-refractivity contribution in [3.8, 4) is 6.07 Å². The lowest BCUT2D eigenvalue weighted by Crippen LogP contribution is -2.42. The number of benzene rings is 1. The lowest BCUT2D eigenvalue weighted by atomic mass is 10.1. The van der Waals surface area contributed by atoms with Gasteiger partial charge >= 0.3 is 0 Å². The summed E-state index contributed by atoms with van der Waals surface area (Å²) in [6.07, 6.45) is 2.89. The number of hydrogen-bond donors (Lipinski definition) is 0. The Bertz CT molecular complexity index is 485. The first-order valence-electron chi connectivity index (χ1n) is 6.31. The molecule has 2 heterocycles. The predicted molar refractivity (Wildman–Crippen MR) is 64.3 cm³/mol. The molecule has 3 rings (SSSR count). The molecule has 4 heteroatoms. The Morgan fingerprint density at radius 1 is 1.33 bits per heavy atom. The maximum atomic E-state index is 13.3. The molecule has 1 aromatic rings. The van der Waals surface area contributed by atoms with Gasteiger partial charge in [-0.1, -0.05) is 0 Å². The maximum absolute atomic E-state index is 13.3. The molecule has 0 aromatic heterocycles. The molecule has 0 amide bonds. The van der Waals surface area contributed by atoms with Crippen LogP contribution in [0.5, 0.6) is 0 Å². The van der Waals surface area contributed by atoms with Gasteiger partial charge in [-0.15, -0.1) is 0 Å². The zero-order valence-electron chi connectivity index (χ0n) is 10.1. The van der Waals surface area contributed by atoms with Crippen LogP contribution in [0.15, 0.2) is 18.2 Å². The third kappa shape index (κ3) is 2.24. The molecule has 2 saturated heterocycles. The first-order valence-corrected chi connectivity index (χ1v) is 6.31. The molecule has 0 spiro atoms. The number of nitrogens with zero attached hydrogens (tertiary/aromatic N) is 2. The minimum absolute atomic E-state index is 0.278. The molecule has 94 valence electrons. The summed E-state index contributed by atoms with van der Waals surface area (Å²) >= 11 is 0. The highest BCUT2D eigenvalue weighted by molar-refractivity contribution is 5.37. The lowest BCUT2D eigenvalue weighted by molar-refractivity contribution is -0.0410. The number of hydrogen-bond acceptors (Lipinski definition) is 3. The van der Waals surface area contributed by atoms with E-state index in [1.165, 1.54) is 12.1 Å². The number of halogens is 1. The van der Waals surface area contributed by atoms with Crippen molar-refractivity contribution in [2.45, 2.75) is 31.6 Å². The van der Waals surface area contributed by atoms with E-state index in [2.05, 4.69) is 11.0 Å². The second-order valence-corrected chi connectivity index (χ2v) is 5.06. The van der Waals surface area contributed by atoms with Crippen molar-refractivity contribution in [2.75, 3.05) is 13.1 Å². The molecule has 0 radical (unpaired) electrons. The van der Waals surface area contributed by atoms with Crippen LogP contribution in [0.2, 0.25) is 0 Å². The van der Waals surface area contributed by atoms with E-state index in [9.17, 15) is 4.39 Å². The zero-order chi connectivity index (χ0) is 12.5. The van der Waals surface area contributed by atoms with Gasteiger partial charge in [0.25, 0.3) is 0 Å². The van der Waals surface area contributed by atoms with Gasteiger partial charge in [-0.2, -0.15) is 5.26 Å². The van der Waals surface area contributed by atoms with Crippen molar-refractivity contribution in [1.29, 1.82) is 5.26 Å². The van der Waals surface area contributed by atoms with Crippen molar-refractivity contribution < 1.29 is 9.13 Å². The maximum Gasteiger partial charge on any atom is 0.123 e. The van der Waals surface area contributed by atoms with Crippen LogP contribution in [0.3, 0.4) is 0 Å². The van der Waals surface area contributed by atoms with E-state index in [4.69, 9.17) is 10.00 Å². The molecule has 0 saturated carbocycles. The molecular formula is C14H15FN2O. The van der Waals surface area contributed by atoms with E-state index in [0.717, 1.165) is 31.5 Å². The minimum Gasteiger partial charge on any atom is -0.372 e. The van der Waals surface area contributed by atoms with Crippen LogP contribution in [0.1, 0.15) is 24.0 Å². The molecule has 2 bridgehead atoms. The quantitative estimate of drug-likeness (QED) is 0.801. The molecule has 0 N–H and O–H groups in total. The zero-order valence-corrected chi connectivity index (χ0v) is 10.1. The van der Waals surface area contributed by atoms with E-state index in [0.29, 0.717) is 24.3 Å². The second-order valence-electron chi connectivity index (χ2n) is 5.06. The first-order chi connectivity index (χ1) is 8.74. The Labute approximate surface area is 106 Å². The highest BCUT2D eigenvalue weighted by atomic mass is 19.1. The summed E-state index contributed by atoms with van der Waals surface area (Å²) in [5.74, 6) is -0.278. The highest BCUT2D eigenvalue weighted by Gasteiger charge is 2.33. The molecule has 2 fully saturated rings. The van der Waals surface area contributed by atoms with Gasteiger partial charge in [-0.05, 0) is 36.6 Å². The van der Waals surface area contributed by atoms with Gasteiger partial charge in [0.05, 0.1) is 23.8 Å². The van der Waals surface area contributed by atoms with Gasteiger partial charge in [0, 0.05) is 19.6 Å². The van der Waals surface area contributed by atoms with E-state index in [-0.39, 0.29) is 5.82 Å². The van der Waals surface area contributed by atoms with Crippen LogP contribution in [-0.4, -0.2) is 30.2 Å². The molecule has 2 aliphatic heterocycles. The molecule has 1 aromatic carbocycles. The highest BCUT2D eigenvalue weighted by Crippen LogP contribution is 2.27. The third-order valence-electron chi connectivity index (χ3n) is 3.70. The predicted octanol–water partition coefficient (Wildman–Crippen LogP) is 2.06. The summed E-state index contributed by atoms with van der Waals surface area (Å²) in [7, 11) is 0. The first kappa shape index (κ1) is 11.6. The van der Waals surface area contributed by atoms with Crippen LogP contribution in [-0.2, 0) is 11.3 Å². The number of likely N-dealkylation sites (tertiary alicyclic amines) is 1. The van der Waals surface area contributed by atoms with Gasteiger partial charge < -0.3 is 4.74 Å². The van der Waals surface area contributed by atoms with E-state index < -0.39 is 0 Å². The smallest absolute Gasteiger partial charge is 0.123 e. The Morgan fingerprint density at radius 2 is 2.06 bits per heavy atom. The summed E-state index contributed by atoms with van der Waals surface area (Å²) < 4.78 is 19.0. The number of morpholine rings is 1. The molecule has 18 heavy (non-hydrogen) atoms. The summed E-state index contributed by atoms with van der Waals surface area (Å²) in [6, 6.07) is 6.49. The molecular weight excluding hydrogens is 231 g/mol. The summed E-state index contributed by atoms with van der Waals surface area (Å²) in [6.45, 7) is 2.41. The van der Waals surface area contributed by atoms with E-state index in [1.807, 2.05) is 0 Å². The molecule has 0 aliphatic carbocycles. The average Bonchev–Trinajstić information content (AvgIpc) is 2.69. The molecule has 2 unspecified atom stereocenters. The van der Waals surface area contributed by atoms with Crippen molar-refractivity contribution in [3.05, 3.63) is 35.1 Å². The van der Waals surface area contributed by atoms with Gasteiger partial charge in [0.2, 0.25) is 0 Å². The van der Waals surface area contributed by atoms with Crippen LogP contribution in [0.25, 0.3) is 0 Å². The fourth-order valence-corrected chi connectivity index (χ4v) is 2.87. The second kappa shape index (κ2) is 4.68. The summed E-state index contributed by atoms with van der Waals surface area (Å²) in [5, 5.41) is 9.04. The van der Waals surface area contributed by atoms with Gasteiger partial charge in [-0.3, -0.25) is 4.90 Å². The Morgan fingerprint density at radius 3 is 2.72 bits per heavy atom. The minimum atomic E-state index is -0.278. The molecule has 2 atom stereocenters. The largest absolute Gasteiger partial charge is 0.372 e. The third-order valence-corrected chi connectivity index (χ3v) is 3.70. The van der Waals surface area contributed by atoms with Crippen LogP contribution in [0.4, 0.5) is 4.39 Å². The molecule has 2 aliphatic rings. The van der Waals surface area contributed by atoms with Gasteiger partial charge in [0.1, 0.15) is 5.82 Å². The summed E-state index contributed by atoms with van der Waals surface area (Å²) in [4.78, 5) is 2.27. The number of ether oxygens (including phenoxy) is 1. The van der Waals surface area contributed by atoms with Crippen molar-refractivity contribution in [1.82, 2.24) is 4.90 Å². The number of fused-ring (bicyclic) bond motifs is 2. The Kier molecular flexibility index (Phi) is 3.02. The summed E-state index contributed by atoms with van der Waals surface area (Å²) in [5.41, 5.74) is 1.34. The van der Waals surface area contributed by atoms with E-state index >= 15 is 0 Å². The number of nitriles is 1. The standard InChI is InChI=1S/C14H15FN2O/c15-12-2-1-10(6-16)11(5-12)7-17-8-13-3-4-14(9-17)18-13/h1-2,5,13-14H,3-4,7-9H2. The van der Waals surface area contributed by atoms with E-state index in [1.54, 1.807) is 6.07 Å². The van der Waals surface area contributed by atoms with Crippen LogP contribution >= 0.6 is 0 Å². The van der Waals surface area contributed by atoms with Gasteiger partial charge in [-0.25, -0.2) is 4.39 Å². The lowest BCUT2D eigenvalue weighted by Gasteiger charge is -2.32. The Balaban J connectivity index is 1.76. The topological polar surface area (TPSA) is 36.3 Å². The fourth-order valence-electron chi connectivity index (χ4n) is 2.87. The normalized spacial score (nSPS) is 27.1. The fraction of sp³-hybridized carbons (Fsp3) is 0.500. The molecule has 3 nitrogen and oxygen atoms in total. The SMILES string of the molecule is N#Cc1ccc(F)cc1CN1CC2CCC(C1)O2. The van der Waals surface area contributed by atoms with Crippen LogP contribution < -0.4 is 0 Å².